The molecule has 0 aromatic heterocycles. The highest BCUT2D eigenvalue weighted by atomic mass is 16.1. The zero-order valence-corrected chi connectivity index (χ0v) is 13.6. The van der Waals surface area contributed by atoms with Crippen molar-refractivity contribution in [3.8, 4) is 0 Å². The Balaban J connectivity index is 1.85. The first-order valence-electron chi connectivity index (χ1n) is 8.00. The Labute approximate surface area is 128 Å². The number of carbonyl (C=O) groups excluding carboxylic acids is 1. The Morgan fingerprint density at radius 1 is 1.19 bits per heavy atom. The number of likely N-dealkylation sites (N-methyl/N-ethyl adjacent to an activating group) is 1. The van der Waals surface area contributed by atoms with Crippen LogP contribution in [0.2, 0.25) is 0 Å². The van der Waals surface area contributed by atoms with Crippen LogP contribution in [-0.4, -0.2) is 55.4 Å². The summed E-state index contributed by atoms with van der Waals surface area (Å²) in [6.45, 7) is 9.52. The second-order valence-electron chi connectivity index (χ2n) is 6.87. The number of hydrogen-bond acceptors (Lipinski definition) is 3. The average Bonchev–Trinajstić information content (AvgIpc) is 2.98. The van der Waals surface area contributed by atoms with E-state index >= 15 is 0 Å². The van der Waals surface area contributed by atoms with Crippen molar-refractivity contribution in [2.24, 2.45) is 5.41 Å². The van der Waals surface area contributed by atoms with Crippen molar-refractivity contribution in [3.63, 3.8) is 0 Å². The zero-order chi connectivity index (χ0) is 15.3. The first kappa shape index (κ1) is 16.2. The van der Waals surface area contributed by atoms with Crippen molar-refractivity contribution < 1.29 is 4.79 Å². The van der Waals surface area contributed by atoms with Gasteiger partial charge in [0.05, 0.1) is 0 Å². The molecule has 0 saturated carbocycles. The van der Waals surface area contributed by atoms with Gasteiger partial charge in [-0.25, -0.2) is 0 Å². The third kappa shape index (κ3) is 4.65. The zero-order valence-electron chi connectivity index (χ0n) is 13.6. The highest BCUT2D eigenvalue weighted by molar-refractivity contribution is 6.00. The lowest BCUT2D eigenvalue weighted by Crippen LogP contribution is -2.40. The van der Waals surface area contributed by atoms with Gasteiger partial charge in [0, 0.05) is 30.6 Å². The number of likely N-dealkylation sites (tertiary alicyclic amines) is 1. The van der Waals surface area contributed by atoms with E-state index in [1.807, 2.05) is 30.3 Å². The Morgan fingerprint density at radius 3 is 2.43 bits per heavy atom. The topological polar surface area (TPSA) is 23.6 Å². The maximum absolute atomic E-state index is 12.6. The Hall–Kier alpha value is -1.19. The van der Waals surface area contributed by atoms with E-state index in [2.05, 4.69) is 30.7 Å². The molecule has 0 atom stereocenters. The monoisotopic (exact) mass is 288 g/mol. The molecule has 1 fully saturated rings. The predicted molar refractivity (Wildman–Crippen MR) is 87.7 cm³/mol. The number of Topliss-reactive ketones (excluding diaryl/α,β-unsaturated/α-hetero) is 1. The van der Waals surface area contributed by atoms with Crippen LogP contribution in [0.5, 0.6) is 0 Å². The van der Waals surface area contributed by atoms with Crippen molar-refractivity contribution in [2.45, 2.75) is 26.7 Å². The van der Waals surface area contributed by atoms with Crippen LogP contribution >= 0.6 is 0 Å². The first-order chi connectivity index (χ1) is 9.99. The highest BCUT2D eigenvalue weighted by Crippen LogP contribution is 2.23. The Morgan fingerprint density at radius 2 is 1.81 bits per heavy atom. The molecule has 0 N–H and O–H groups in total. The molecule has 1 aliphatic rings. The van der Waals surface area contributed by atoms with E-state index in [-0.39, 0.29) is 11.2 Å². The number of ketones is 1. The summed E-state index contributed by atoms with van der Waals surface area (Å²) in [5, 5.41) is 0. The van der Waals surface area contributed by atoms with E-state index in [1.165, 1.54) is 25.9 Å². The third-order valence-electron chi connectivity index (χ3n) is 4.31. The second kappa shape index (κ2) is 7.19. The van der Waals surface area contributed by atoms with E-state index in [4.69, 9.17) is 0 Å². The second-order valence-corrected chi connectivity index (χ2v) is 6.87. The Bertz CT molecular complexity index is 450. The summed E-state index contributed by atoms with van der Waals surface area (Å²) < 4.78 is 0. The SMILES string of the molecule is CN(CCN1CCCC1)CC(C)(C)C(=O)c1ccccc1. The molecule has 0 radical (unpaired) electrons. The minimum atomic E-state index is -0.346. The standard InChI is InChI=1S/C18H28N2O/c1-18(2,17(21)16-9-5-4-6-10-16)15-19(3)13-14-20-11-7-8-12-20/h4-6,9-10H,7-8,11-15H2,1-3H3. The van der Waals surface area contributed by atoms with Gasteiger partial charge in [-0.1, -0.05) is 44.2 Å². The van der Waals surface area contributed by atoms with E-state index in [0.717, 1.165) is 25.2 Å². The van der Waals surface area contributed by atoms with Gasteiger partial charge in [0.2, 0.25) is 0 Å². The normalized spacial score (nSPS) is 16.6. The molecule has 2 rings (SSSR count). The molecule has 0 spiro atoms. The average molecular weight is 288 g/mol. The van der Waals surface area contributed by atoms with Crippen molar-refractivity contribution >= 4 is 5.78 Å². The van der Waals surface area contributed by atoms with Gasteiger partial charge in [-0.05, 0) is 33.0 Å². The van der Waals surface area contributed by atoms with Gasteiger partial charge in [0.25, 0.3) is 0 Å². The summed E-state index contributed by atoms with van der Waals surface area (Å²) in [5.74, 6) is 0.233. The van der Waals surface area contributed by atoms with Crippen LogP contribution in [0.4, 0.5) is 0 Å². The molecule has 116 valence electrons. The lowest BCUT2D eigenvalue weighted by atomic mass is 9.84. The molecular formula is C18H28N2O. The Kier molecular flexibility index (Phi) is 5.54. The van der Waals surface area contributed by atoms with Gasteiger partial charge in [-0.3, -0.25) is 4.79 Å². The van der Waals surface area contributed by atoms with Gasteiger partial charge >= 0.3 is 0 Å². The number of carbonyl (C=O) groups is 1. The van der Waals surface area contributed by atoms with Crippen LogP contribution in [-0.2, 0) is 0 Å². The first-order valence-corrected chi connectivity index (χ1v) is 8.00. The molecule has 1 aliphatic heterocycles. The molecule has 1 heterocycles. The maximum Gasteiger partial charge on any atom is 0.169 e. The van der Waals surface area contributed by atoms with Crippen LogP contribution in [0.3, 0.4) is 0 Å². The summed E-state index contributed by atoms with van der Waals surface area (Å²) in [4.78, 5) is 17.4. The molecule has 1 saturated heterocycles. The van der Waals surface area contributed by atoms with E-state index in [0.29, 0.717) is 0 Å². The summed E-state index contributed by atoms with van der Waals surface area (Å²) in [5.41, 5.74) is 0.469. The minimum absolute atomic E-state index is 0.233. The molecule has 0 amide bonds. The third-order valence-corrected chi connectivity index (χ3v) is 4.31. The van der Waals surface area contributed by atoms with E-state index in [1.54, 1.807) is 0 Å². The molecule has 21 heavy (non-hydrogen) atoms. The summed E-state index contributed by atoms with van der Waals surface area (Å²) in [6.07, 6.45) is 2.67. The van der Waals surface area contributed by atoms with Crippen LogP contribution in [0.25, 0.3) is 0 Å². The smallest absolute Gasteiger partial charge is 0.169 e. The fourth-order valence-corrected chi connectivity index (χ4v) is 3.12. The molecule has 0 unspecified atom stereocenters. The summed E-state index contributed by atoms with van der Waals surface area (Å²) in [7, 11) is 2.12. The van der Waals surface area contributed by atoms with Gasteiger partial charge in [-0.2, -0.15) is 0 Å². The number of rotatable bonds is 7. The van der Waals surface area contributed by atoms with Crippen molar-refractivity contribution in [2.75, 3.05) is 39.8 Å². The molecule has 1 aromatic rings. The van der Waals surface area contributed by atoms with E-state index < -0.39 is 0 Å². The largest absolute Gasteiger partial charge is 0.304 e. The summed E-state index contributed by atoms with van der Waals surface area (Å²) in [6, 6.07) is 9.63. The predicted octanol–water partition coefficient (Wildman–Crippen LogP) is 2.92. The fraction of sp³-hybridized carbons (Fsp3) is 0.611. The number of nitrogens with zero attached hydrogens (tertiary/aromatic N) is 2. The molecule has 0 bridgehead atoms. The maximum atomic E-state index is 12.6. The van der Waals surface area contributed by atoms with Crippen molar-refractivity contribution in [3.05, 3.63) is 35.9 Å². The lowest BCUT2D eigenvalue weighted by Gasteiger charge is -2.30. The van der Waals surface area contributed by atoms with E-state index in [9.17, 15) is 4.79 Å². The minimum Gasteiger partial charge on any atom is -0.304 e. The van der Waals surface area contributed by atoms with Crippen LogP contribution in [0.15, 0.2) is 30.3 Å². The van der Waals surface area contributed by atoms with Gasteiger partial charge in [0.1, 0.15) is 0 Å². The van der Waals surface area contributed by atoms with Crippen molar-refractivity contribution in [1.82, 2.24) is 9.80 Å². The van der Waals surface area contributed by atoms with Gasteiger partial charge in [-0.15, -0.1) is 0 Å². The quantitative estimate of drug-likeness (QED) is 0.721. The van der Waals surface area contributed by atoms with Gasteiger partial charge < -0.3 is 9.80 Å². The molecule has 0 aliphatic carbocycles. The molecule has 3 heteroatoms. The van der Waals surface area contributed by atoms with Crippen LogP contribution in [0.1, 0.15) is 37.0 Å². The van der Waals surface area contributed by atoms with Gasteiger partial charge in [0.15, 0.2) is 5.78 Å². The highest BCUT2D eigenvalue weighted by Gasteiger charge is 2.29. The molecule has 1 aromatic carbocycles. The lowest BCUT2D eigenvalue weighted by molar-refractivity contribution is 0.0777. The molecule has 3 nitrogen and oxygen atoms in total. The fourth-order valence-electron chi connectivity index (χ4n) is 3.12. The van der Waals surface area contributed by atoms with Crippen molar-refractivity contribution in [1.29, 1.82) is 0 Å². The number of benzene rings is 1. The summed E-state index contributed by atoms with van der Waals surface area (Å²) >= 11 is 0. The van der Waals surface area contributed by atoms with Crippen LogP contribution in [0, 0.1) is 5.41 Å². The van der Waals surface area contributed by atoms with Crippen LogP contribution < -0.4 is 0 Å². The molecular weight excluding hydrogens is 260 g/mol. The number of hydrogen-bond donors (Lipinski definition) is 0.